The number of hydrogen-bond donors (Lipinski definition) is 0. The summed E-state index contributed by atoms with van der Waals surface area (Å²) in [4.78, 5) is 53.5. The standard InChI is InChI=1S/C26H19Cl2NO5/c27-12-5-6-15(19(28)9-12)21(30)11-34-26(33)16-3-1-2-4-20(16)29-24(31)22-13-7-8-14(18-10-17(13)18)23(22)25(29)32/h1-9,13-14,17-18,22-23H,10-11H2/t13-,14-,17-,18+,22+,23+/m0/s1. The second-order valence-electron chi connectivity index (χ2n) is 9.31. The Labute approximate surface area is 205 Å². The van der Waals surface area contributed by atoms with Crippen LogP contribution in [-0.2, 0) is 14.3 Å². The average molecular weight is 496 g/mol. The van der Waals surface area contributed by atoms with Crippen molar-refractivity contribution in [2.24, 2.45) is 35.5 Å². The minimum Gasteiger partial charge on any atom is -0.454 e. The van der Waals surface area contributed by atoms with Gasteiger partial charge in [0.15, 0.2) is 6.61 Å². The minimum absolute atomic E-state index is 0.0586. The Hall–Kier alpha value is -2.96. The molecule has 2 aromatic rings. The first-order valence-electron chi connectivity index (χ1n) is 11.2. The molecule has 0 spiro atoms. The van der Waals surface area contributed by atoms with Crippen molar-refractivity contribution in [3.05, 3.63) is 75.8 Å². The van der Waals surface area contributed by atoms with E-state index in [0.717, 1.165) is 11.3 Å². The highest BCUT2D eigenvalue weighted by Gasteiger charge is 2.67. The minimum atomic E-state index is -0.798. The predicted octanol–water partition coefficient (Wildman–Crippen LogP) is 4.59. The van der Waals surface area contributed by atoms with E-state index < -0.39 is 18.4 Å². The molecule has 172 valence electrons. The van der Waals surface area contributed by atoms with Gasteiger partial charge in [-0.15, -0.1) is 0 Å². The molecule has 2 bridgehead atoms. The number of Topliss-reactive ketones (excluding diaryl/α,β-unsaturated/α-hetero) is 1. The molecule has 6 nitrogen and oxygen atoms in total. The van der Waals surface area contributed by atoms with Gasteiger partial charge in [0.05, 0.1) is 28.1 Å². The third kappa shape index (κ3) is 3.16. The molecule has 3 fully saturated rings. The lowest BCUT2D eigenvalue weighted by Gasteiger charge is -2.37. The number of anilines is 1. The van der Waals surface area contributed by atoms with Crippen molar-refractivity contribution in [3.8, 4) is 0 Å². The molecule has 4 aliphatic carbocycles. The molecule has 0 N–H and O–H groups in total. The summed E-state index contributed by atoms with van der Waals surface area (Å²) in [5.41, 5.74) is 0.438. The van der Waals surface area contributed by atoms with Crippen molar-refractivity contribution < 1.29 is 23.9 Å². The maximum absolute atomic E-state index is 13.4. The van der Waals surface area contributed by atoms with Crippen LogP contribution in [-0.4, -0.2) is 30.2 Å². The fraction of sp³-hybridized carbons (Fsp3) is 0.308. The van der Waals surface area contributed by atoms with Gasteiger partial charge >= 0.3 is 5.97 Å². The Morgan fingerprint density at radius 2 is 1.56 bits per heavy atom. The van der Waals surface area contributed by atoms with Gasteiger partial charge in [0.1, 0.15) is 0 Å². The Balaban J connectivity index is 1.24. The summed E-state index contributed by atoms with van der Waals surface area (Å²) >= 11 is 11.9. The van der Waals surface area contributed by atoms with Crippen LogP contribution in [0.5, 0.6) is 0 Å². The number of nitrogens with zero attached hydrogens (tertiary/aromatic N) is 1. The number of amides is 2. The Bertz CT molecular complexity index is 1270. The average Bonchev–Trinajstić information content (AvgIpc) is 3.60. The zero-order chi connectivity index (χ0) is 23.7. The number of para-hydroxylation sites is 1. The second kappa shape index (κ2) is 7.79. The van der Waals surface area contributed by atoms with Gasteiger partial charge in [0.2, 0.25) is 17.6 Å². The molecule has 1 saturated heterocycles. The van der Waals surface area contributed by atoms with Crippen LogP contribution in [0.15, 0.2) is 54.6 Å². The maximum atomic E-state index is 13.4. The zero-order valence-electron chi connectivity index (χ0n) is 17.8. The number of carbonyl (C=O) groups excluding carboxylic acids is 4. The summed E-state index contributed by atoms with van der Waals surface area (Å²) in [7, 11) is 0. The van der Waals surface area contributed by atoms with E-state index in [1.165, 1.54) is 24.3 Å². The second-order valence-corrected chi connectivity index (χ2v) is 10.2. The van der Waals surface area contributed by atoms with E-state index in [-0.39, 0.29) is 57.3 Å². The fourth-order valence-corrected chi connectivity index (χ4v) is 6.55. The van der Waals surface area contributed by atoms with Crippen LogP contribution >= 0.6 is 23.2 Å². The van der Waals surface area contributed by atoms with Crippen LogP contribution in [0.4, 0.5) is 5.69 Å². The number of carbonyl (C=O) groups is 4. The van der Waals surface area contributed by atoms with E-state index in [2.05, 4.69) is 12.2 Å². The number of rotatable bonds is 5. The number of ether oxygens (including phenoxy) is 1. The first kappa shape index (κ1) is 21.6. The lowest BCUT2D eigenvalue weighted by molar-refractivity contribution is -0.124. The van der Waals surface area contributed by atoms with Crippen molar-refractivity contribution >= 4 is 52.5 Å². The molecule has 1 heterocycles. The number of benzene rings is 2. The normalized spacial score (nSPS) is 30.2. The first-order valence-corrected chi connectivity index (χ1v) is 11.9. The molecule has 6 atom stereocenters. The molecule has 2 saturated carbocycles. The molecular formula is C26H19Cl2NO5. The van der Waals surface area contributed by atoms with E-state index in [9.17, 15) is 19.2 Å². The van der Waals surface area contributed by atoms with Crippen molar-refractivity contribution in [1.82, 2.24) is 0 Å². The van der Waals surface area contributed by atoms with E-state index in [4.69, 9.17) is 27.9 Å². The monoisotopic (exact) mass is 495 g/mol. The predicted molar refractivity (Wildman–Crippen MR) is 125 cm³/mol. The number of esters is 1. The lowest BCUT2D eigenvalue weighted by Crippen LogP contribution is -2.40. The molecular weight excluding hydrogens is 477 g/mol. The third-order valence-electron chi connectivity index (χ3n) is 7.59. The Morgan fingerprint density at radius 1 is 0.912 bits per heavy atom. The summed E-state index contributed by atoms with van der Waals surface area (Å²) in [6.45, 7) is -0.543. The number of ketones is 1. The molecule has 2 aromatic carbocycles. The van der Waals surface area contributed by atoms with Gasteiger partial charge in [-0.2, -0.15) is 0 Å². The largest absolute Gasteiger partial charge is 0.454 e. The molecule has 1 aliphatic heterocycles. The van der Waals surface area contributed by atoms with Crippen LogP contribution in [0.25, 0.3) is 0 Å². The molecule has 34 heavy (non-hydrogen) atoms. The molecule has 0 radical (unpaired) electrons. The van der Waals surface area contributed by atoms with E-state index >= 15 is 0 Å². The van der Waals surface area contributed by atoms with Gasteiger partial charge in [0, 0.05) is 10.6 Å². The van der Waals surface area contributed by atoms with Gasteiger partial charge in [-0.3, -0.25) is 14.4 Å². The molecule has 5 aliphatic rings. The number of allylic oxidation sites excluding steroid dienone is 2. The molecule has 0 aromatic heterocycles. The van der Waals surface area contributed by atoms with E-state index in [0.29, 0.717) is 16.9 Å². The van der Waals surface area contributed by atoms with Crippen LogP contribution in [0.3, 0.4) is 0 Å². The van der Waals surface area contributed by atoms with Crippen molar-refractivity contribution in [2.75, 3.05) is 11.5 Å². The van der Waals surface area contributed by atoms with Crippen molar-refractivity contribution in [3.63, 3.8) is 0 Å². The summed E-state index contributed by atoms with van der Waals surface area (Å²) < 4.78 is 5.26. The van der Waals surface area contributed by atoms with Gasteiger partial charge in [-0.1, -0.05) is 47.5 Å². The van der Waals surface area contributed by atoms with Gasteiger partial charge < -0.3 is 4.74 Å². The molecule has 8 heteroatoms. The summed E-state index contributed by atoms with van der Waals surface area (Å²) in [5, 5.41) is 0.542. The highest BCUT2D eigenvalue weighted by molar-refractivity contribution is 6.37. The topological polar surface area (TPSA) is 80.8 Å². The van der Waals surface area contributed by atoms with Crippen LogP contribution < -0.4 is 4.90 Å². The molecule has 0 unspecified atom stereocenters. The zero-order valence-corrected chi connectivity index (χ0v) is 19.3. The van der Waals surface area contributed by atoms with Crippen LogP contribution in [0.1, 0.15) is 27.1 Å². The number of halogens is 2. The highest BCUT2D eigenvalue weighted by atomic mass is 35.5. The van der Waals surface area contributed by atoms with Crippen LogP contribution in [0, 0.1) is 35.5 Å². The van der Waals surface area contributed by atoms with E-state index in [1.807, 2.05) is 0 Å². The number of hydrogen-bond acceptors (Lipinski definition) is 5. The van der Waals surface area contributed by atoms with Crippen LogP contribution in [0.2, 0.25) is 10.0 Å². The maximum Gasteiger partial charge on any atom is 0.340 e. The summed E-state index contributed by atoms with van der Waals surface area (Å²) in [6.07, 6.45) is 5.27. The number of imide groups is 1. The highest BCUT2D eigenvalue weighted by Crippen LogP contribution is 2.65. The van der Waals surface area contributed by atoms with Crippen molar-refractivity contribution in [2.45, 2.75) is 6.42 Å². The SMILES string of the molecule is O=C(COC(=O)c1ccccc1N1C(=O)[C@@H]2[C@H]3C=C[C@@H]([C@@H]4C[C@H]34)[C@H]2C1=O)c1ccc(Cl)cc1Cl. The fourth-order valence-electron chi connectivity index (χ4n) is 6.04. The first-order chi connectivity index (χ1) is 16.4. The van der Waals surface area contributed by atoms with Gasteiger partial charge in [-0.25, -0.2) is 9.69 Å². The Kier molecular flexibility index (Phi) is 4.94. The lowest BCUT2D eigenvalue weighted by atomic mass is 9.63. The smallest absolute Gasteiger partial charge is 0.340 e. The summed E-state index contributed by atoms with van der Waals surface area (Å²) in [6, 6.07) is 10.8. The quantitative estimate of drug-likeness (QED) is 0.262. The van der Waals surface area contributed by atoms with Crippen molar-refractivity contribution in [1.29, 1.82) is 0 Å². The molecule has 2 amide bonds. The van der Waals surface area contributed by atoms with Gasteiger partial charge in [0.25, 0.3) is 0 Å². The Morgan fingerprint density at radius 3 is 2.21 bits per heavy atom. The third-order valence-corrected chi connectivity index (χ3v) is 8.14. The van der Waals surface area contributed by atoms with Gasteiger partial charge in [-0.05, 0) is 60.4 Å². The van der Waals surface area contributed by atoms with E-state index in [1.54, 1.807) is 18.2 Å². The summed E-state index contributed by atoms with van der Waals surface area (Å²) in [5.74, 6) is -1.41. The molecule has 7 rings (SSSR count).